The molecule has 1 amide bonds. The Bertz CT molecular complexity index is 838. The minimum atomic E-state index is -1.01. The fraction of sp³-hybridized carbons (Fsp3) is 0.400. The third-order valence-electron chi connectivity index (χ3n) is 4.83. The summed E-state index contributed by atoms with van der Waals surface area (Å²) in [5.41, 5.74) is 1.91. The van der Waals surface area contributed by atoms with Gasteiger partial charge in [0.2, 0.25) is 0 Å². The molecule has 6 heteroatoms. The number of epoxide rings is 1. The highest BCUT2D eigenvalue weighted by molar-refractivity contribution is 7.80. The minimum Gasteiger partial charge on any atom is -0.384 e. The molecule has 5 nitrogen and oxygen atoms in total. The van der Waals surface area contributed by atoms with Crippen LogP contribution in [0.4, 0.5) is 11.4 Å². The van der Waals surface area contributed by atoms with E-state index in [1.807, 2.05) is 45.0 Å². The number of carbonyl (C=O) groups excluding carboxylic acids is 1. The van der Waals surface area contributed by atoms with Gasteiger partial charge < -0.3 is 15.4 Å². The molecule has 1 fully saturated rings. The number of fused-ring (bicyclic) bond motifs is 1. The van der Waals surface area contributed by atoms with Gasteiger partial charge in [0.15, 0.2) is 5.60 Å². The molecule has 136 valence electrons. The summed E-state index contributed by atoms with van der Waals surface area (Å²) in [7, 11) is 0. The maximum atomic E-state index is 12.9. The molecular formula is C20H23N3O2S. The molecule has 2 atom stereocenters. The predicted octanol–water partition coefficient (Wildman–Crippen LogP) is 3.46. The van der Waals surface area contributed by atoms with Crippen LogP contribution in [0.2, 0.25) is 0 Å². The average molecular weight is 369 g/mol. The van der Waals surface area contributed by atoms with E-state index < -0.39 is 11.0 Å². The van der Waals surface area contributed by atoms with Gasteiger partial charge in [-0.2, -0.15) is 17.9 Å². The monoisotopic (exact) mass is 369 g/mol. The van der Waals surface area contributed by atoms with E-state index in [4.69, 9.17) is 4.74 Å². The Morgan fingerprint density at radius 2 is 2.23 bits per heavy atom. The number of nitrogens with one attached hydrogen (secondary N) is 2. The highest BCUT2D eigenvalue weighted by Gasteiger charge is 2.65. The molecule has 1 aromatic rings. The molecule has 1 saturated heterocycles. The van der Waals surface area contributed by atoms with Gasteiger partial charge in [-0.05, 0) is 50.1 Å². The number of allylic oxidation sites excluding steroid dienone is 2. The molecule has 1 aromatic carbocycles. The van der Waals surface area contributed by atoms with Crippen LogP contribution in [-0.2, 0) is 9.53 Å². The Morgan fingerprint density at radius 3 is 2.92 bits per heavy atom. The van der Waals surface area contributed by atoms with Gasteiger partial charge in [0.1, 0.15) is 6.10 Å². The first kappa shape index (κ1) is 18.6. The zero-order valence-electron chi connectivity index (χ0n) is 15.2. The highest BCUT2D eigenvalue weighted by atomic mass is 32.1. The molecule has 0 saturated carbocycles. The van der Waals surface area contributed by atoms with Crippen molar-refractivity contribution in [3.63, 3.8) is 0 Å². The first-order valence-corrected chi connectivity index (χ1v) is 9.23. The Morgan fingerprint density at radius 1 is 1.46 bits per heavy atom. The van der Waals surface area contributed by atoms with Gasteiger partial charge >= 0.3 is 0 Å². The number of nitrogens with zero attached hydrogens (tertiary/aromatic N) is 1. The summed E-state index contributed by atoms with van der Waals surface area (Å²) in [6.45, 7) is 6.43. The van der Waals surface area contributed by atoms with Crippen molar-refractivity contribution in [2.24, 2.45) is 5.41 Å². The maximum absolute atomic E-state index is 12.9. The molecule has 1 heterocycles. The van der Waals surface area contributed by atoms with Crippen molar-refractivity contribution < 1.29 is 9.53 Å². The minimum absolute atomic E-state index is 0.220. The fourth-order valence-electron chi connectivity index (χ4n) is 3.12. The van der Waals surface area contributed by atoms with E-state index in [1.54, 1.807) is 12.2 Å². The van der Waals surface area contributed by atoms with Crippen molar-refractivity contribution in [3.8, 4) is 6.07 Å². The number of rotatable bonds is 6. The van der Waals surface area contributed by atoms with Crippen LogP contribution >= 0.6 is 12.6 Å². The SMILES string of the molecule is Cc1ccc(NC(=O)C23C=CC=C(C(C)(C)C#N)C2O3)cc1NCCS. The lowest BCUT2D eigenvalue weighted by molar-refractivity contribution is -0.119. The average Bonchev–Trinajstić information content (AvgIpc) is 3.38. The van der Waals surface area contributed by atoms with Gasteiger partial charge in [0.25, 0.3) is 5.91 Å². The summed E-state index contributed by atoms with van der Waals surface area (Å²) in [6, 6.07) is 8.02. The van der Waals surface area contributed by atoms with E-state index in [2.05, 4.69) is 29.3 Å². The second-order valence-corrected chi connectivity index (χ2v) is 7.59. The van der Waals surface area contributed by atoms with E-state index in [1.165, 1.54) is 0 Å². The normalized spacial score (nSPS) is 23.5. The van der Waals surface area contributed by atoms with Crippen molar-refractivity contribution in [2.75, 3.05) is 22.9 Å². The zero-order valence-corrected chi connectivity index (χ0v) is 16.1. The van der Waals surface area contributed by atoms with Crippen LogP contribution in [0.15, 0.2) is 42.0 Å². The number of anilines is 2. The Hall–Kier alpha value is -2.23. The summed E-state index contributed by atoms with van der Waals surface area (Å²) in [5, 5.41) is 15.6. The van der Waals surface area contributed by atoms with E-state index in [0.29, 0.717) is 5.69 Å². The second kappa shape index (κ2) is 6.82. The smallest absolute Gasteiger partial charge is 0.263 e. The van der Waals surface area contributed by atoms with Crippen molar-refractivity contribution in [1.82, 2.24) is 0 Å². The third-order valence-corrected chi connectivity index (χ3v) is 5.05. The van der Waals surface area contributed by atoms with Crippen LogP contribution < -0.4 is 10.6 Å². The van der Waals surface area contributed by atoms with Gasteiger partial charge in [-0.1, -0.05) is 18.2 Å². The Kier molecular flexibility index (Phi) is 4.87. The number of carbonyl (C=O) groups is 1. The summed E-state index contributed by atoms with van der Waals surface area (Å²) in [4.78, 5) is 12.9. The number of thiol groups is 1. The van der Waals surface area contributed by atoms with Gasteiger partial charge in [-0.15, -0.1) is 0 Å². The van der Waals surface area contributed by atoms with E-state index in [-0.39, 0.29) is 12.0 Å². The number of amides is 1. The molecule has 0 spiro atoms. The van der Waals surface area contributed by atoms with Crippen LogP contribution in [0, 0.1) is 23.7 Å². The molecule has 2 aliphatic rings. The van der Waals surface area contributed by atoms with Gasteiger partial charge in [0, 0.05) is 23.7 Å². The van der Waals surface area contributed by atoms with Crippen molar-refractivity contribution in [1.29, 1.82) is 5.26 Å². The molecule has 1 aliphatic carbocycles. The van der Waals surface area contributed by atoms with Gasteiger partial charge in [-0.25, -0.2) is 0 Å². The molecule has 2 N–H and O–H groups in total. The lowest BCUT2D eigenvalue weighted by Crippen LogP contribution is -2.35. The Balaban J connectivity index is 1.76. The molecule has 0 aromatic heterocycles. The molecule has 1 aliphatic heterocycles. The molecule has 2 unspecified atom stereocenters. The van der Waals surface area contributed by atoms with Crippen molar-refractivity contribution in [3.05, 3.63) is 47.6 Å². The first-order chi connectivity index (χ1) is 12.3. The quantitative estimate of drug-likeness (QED) is 0.530. The summed E-state index contributed by atoms with van der Waals surface area (Å²) in [6.07, 6.45) is 5.05. The van der Waals surface area contributed by atoms with Crippen LogP contribution in [0.1, 0.15) is 19.4 Å². The lowest BCUT2D eigenvalue weighted by Gasteiger charge is -2.21. The number of ether oxygens (including phenoxy) is 1. The third kappa shape index (κ3) is 3.25. The largest absolute Gasteiger partial charge is 0.384 e. The number of nitriles is 1. The van der Waals surface area contributed by atoms with Crippen molar-refractivity contribution >= 4 is 29.9 Å². The summed E-state index contributed by atoms with van der Waals surface area (Å²) >= 11 is 4.21. The fourth-order valence-corrected chi connectivity index (χ4v) is 3.23. The molecular weight excluding hydrogens is 346 g/mol. The standard InChI is InChI=1S/C20H23N3O2S/c1-13-6-7-14(11-16(13)22-9-10-26)23-18(24)20-8-4-5-15(17(20)25-20)19(2,3)12-21/h4-8,11,17,22,26H,9-10H2,1-3H3,(H,23,24). The summed E-state index contributed by atoms with van der Waals surface area (Å²) < 4.78 is 5.78. The van der Waals surface area contributed by atoms with Crippen LogP contribution in [0.5, 0.6) is 0 Å². The maximum Gasteiger partial charge on any atom is 0.263 e. The number of benzene rings is 1. The van der Waals surface area contributed by atoms with Crippen molar-refractivity contribution in [2.45, 2.75) is 32.5 Å². The topological polar surface area (TPSA) is 77.5 Å². The van der Waals surface area contributed by atoms with Crippen LogP contribution in [-0.4, -0.2) is 29.9 Å². The van der Waals surface area contributed by atoms with Crippen LogP contribution in [0.3, 0.4) is 0 Å². The van der Waals surface area contributed by atoms with Gasteiger partial charge in [-0.3, -0.25) is 4.79 Å². The van der Waals surface area contributed by atoms with Gasteiger partial charge in [0.05, 0.1) is 11.5 Å². The number of aryl methyl sites for hydroxylation is 1. The number of hydrogen-bond acceptors (Lipinski definition) is 5. The second-order valence-electron chi connectivity index (χ2n) is 7.14. The van der Waals surface area contributed by atoms with E-state index >= 15 is 0 Å². The predicted molar refractivity (Wildman–Crippen MR) is 106 cm³/mol. The van der Waals surface area contributed by atoms with Crippen LogP contribution in [0.25, 0.3) is 0 Å². The lowest BCUT2D eigenvalue weighted by atomic mass is 9.78. The van der Waals surface area contributed by atoms with E-state index in [0.717, 1.165) is 29.1 Å². The molecule has 0 radical (unpaired) electrons. The zero-order chi connectivity index (χ0) is 18.9. The number of hydrogen-bond donors (Lipinski definition) is 3. The summed E-state index contributed by atoms with van der Waals surface area (Å²) in [5.74, 6) is 0.505. The molecule has 26 heavy (non-hydrogen) atoms. The highest BCUT2D eigenvalue weighted by Crippen LogP contribution is 2.50. The molecule has 3 rings (SSSR count). The Labute approximate surface area is 159 Å². The van der Waals surface area contributed by atoms with E-state index in [9.17, 15) is 10.1 Å². The molecule has 0 bridgehead atoms. The first-order valence-electron chi connectivity index (χ1n) is 8.60.